The van der Waals surface area contributed by atoms with E-state index in [2.05, 4.69) is 78.9 Å². The maximum Gasteiger partial charge on any atom is 0.569 e. The van der Waals surface area contributed by atoms with Crippen molar-refractivity contribution in [2.45, 2.75) is 0 Å². The Kier molecular flexibility index (Phi) is 5.71. The molecule has 28 heavy (non-hydrogen) atoms. The first kappa shape index (κ1) is 18.3. The summed E-state index contributed by atoms with van der Waals surface area (Å²) in [6, 6.07) is 37.7. The van der Waals surface area contributed by atoms with Crippen molar-refractivity contribution in [2.24, 2.45) is 0 Å². The molecular weight excluding hydrogens is 359 g/mol. The van der Waals surface area contributed by atoms with Crippen LogP contribution in [0.25, 0.3) is 11.1 Å². The monoisotopic (exact) mass is 378 g/mol. The maximum atomic E-state index is 9.07. The standard InChI is InChI=1S/C24H19BO2Si/c26-25-27-20-16-17-24(23(18-20)19-10-4-1-5-11-19)28(21-12-6-2-7-13-21)22-14-8-3-9-15-22/h1-18,26H. The fourth-order valence-corrected chi connectivity index (χ4v) is 6.16. The highest BCUT2D eigenvalue weighted by molar-refractivity contribution is 6.96. The zero-order chi connectivity index (χ0) is 19.2. The van der Waals surface area contributed by atoms with Crippen LogP contribution >= 0.6 is 0 Å². The Morgan fingerprint density at radius 1 is 0.643 bits per heavy atom. The Bertz CT molecular complexity index is 985. The molecule has 0 atom stereocenters. The Balaban J connectivity index is 1.93. The van der Waals surface area contributed by atoms with Crippen LogP contribution in [0.15, 0.2) is 109 Å². The van der Waals surface area contributed by atoms with Crippen LogP contribution in [0.5, 0.6) is 5.75 Å². The van der Waals surface area contributed by atoms with Gasteiger partial charge in [-0.3, -0.25) is 0 Å². The lowest BCUT2D eigenvalue weighted by atomic mass is 10.1. The van der Waals surface area contributed by atoms with Gasteiger partial charge in [0.2, 0.25) is 0 Å². The lowest BCUT2D eigenvalue weighted by Gasteiger charge is -2.21. The summed E-state index contributed by atoms with van der Waals surface area (Å²) < 4.78 is 5.26. The molecule has 0 heterocycles. The zero-order valence-corrected chi connectivity index (χ0v) is 16.3. The van der Waals surface area contributed by atoms with Crippen LogP contribution in [0, 0.1) is 0 Å². The summed E-state index contributed by atoms with van der Waals surface area (Å²) in [4.78, 5) is 0. The van der Waals surface area contributed by atoms with E-state index in [1.807, 2.05) is 30.3 Å². The molecule has 0 aromatic heterocycles. The van der Waals surface area contributed by atoms with E-state index in [-0.39, 0.29) is 0 Å². The highest BCUT2D eigenvalue weighted by atomic mass is 28.3. The first-order valence-corrected chi connectivity index (χ1v) is 10.7. The fraction of sp³-hybridized carbons (Fsp3) is 0. The second-order valence-corrected chi connectivity index (χ2v) is 8.85. The molecule has 4 rings (SSSR count). The minimum absolute atomic E-state index is 0.618. The zero-order valence-electron chi connectivity index (χ0n) is 15.3. The van der Waals surface area contributed by atoms with Gasteiger partial charge < -0.3 is 9.68 Å². The summed E-state index contributed by atoms with van der Waals surface area (Å²) in [6.45, 7) is 0. The molecule has 0 saturated carbocycles. The van der Waals surface area contributed by atoms with Crippen molar-refractivity contribution >= 4 is 32.0 Å². The van der Waals surface area contributed by atoms with Gasteiger partial charge in [-0.05, 0) is 28.4 Å². The van der Waals surface area contributed by atoms with Crippen LogP contribution in [-0.2, 0) is 0 Å². The van der Waals surface area contributed by atoms with Crippen molar-refractivity contribution in [1.29, 1.82) is 0 Å². The van der Waals surface area contributed by atoms with Gasteiger partial charge in [0.05, 0.1) is 0 Å². The van der Waals surface area contributed by atoms with Gasteiger partial charge in [-0.25, -0.2) is 0 Å². The third-order valence-electron chi connectivity index (χ3n) is 4.66. The predicted molar refractivity (Wildman–Crippen MR) is 118 cm³/mol. The van der Waals surface area contributed by atoms with Crippen LogP contribution in [0.1, 0.15) is 0 Å². The minimum Gasteiger partial charge on any atom is -0.537 e. The van der Waals surface area contributed by atoms with E-state index in [9.17, 15) is 0 Å². The van der Waals surface area contributed by atoms with E-state index in [0.717, 1.165) is 18.8 Å². The van der Waals surface area contributed by atoms with Gasteiger partial charge in [0.25, 0.3) is 0 Å². The van der Waals surface area contributed by atoms with Crippen molar-refractivity contribution in [2.75, 3.05) is 0 Å². The largest absolute Gasteiger partial charge is 0.569 e. The smallest absolute Gasteiger partial charge is 0.537 e. The topological polar surface area (TPSA) is 29.5 Å². The first-order chi connectivity index (χ1) is 13.9. The average Bonchev–Trinajstić information content (AvgIpc) is 2.77. The van der Waals surface area contributed by atoms with E-state index in [0.29, 0.717) is 5.75 Å². The first-order valence-electron chi connectivity index (χ1n) is 9.17. The lowest BCUT2D eigenvalue weighted by molar-refractivity contribution is 0.454. The molecule has 2 radical (unpaired) electrons. The van der Waals surface area contributed by atoms with Crippen molar-refractivity contribution in [3.8, 4) is 16.9 Å². The van der Waals surface area contributed by atoms with Crippen LogP contribution in [-0.4, -0.2) is 21.5 Å². The number of benzene rings is 4. The van der Waals surface area contributed by atoms with Gasteiger partial charge in [-0.15, -0.1) is 0 Å². The molecule has 0 spiro atoms. The van der Waals surface area contributed by atoms with Gasteiger partial charge in [0.1, 0.15) is 5.75 Å². The quantitative estimate of drug-likeness (QED) is 0.413. The maximum absolute atomic E-state index is 9.07. The van der Waals surface area contributed by atoms with E-state index in [1.54, 1.807) is 0 Å². The SMILES string of the molecule is O[B]Oc1ccc([Si](c2ccccc2)c2ccccc2)c(-c2ccccc2)c1. The fourth-order valence-electron chi connectivity index (χ4n) is 3.42. The molecule has 0 aliphatic heterocycles. The van der Waals surface area contributed by atoms with Gasteiger partial charge in [-0.2, -0.15) is 0 Å². The molecule has 0 aliphatic rings. The second kappa shape index (κ2) is 8.74. The second-order valence-electron chi connectivity index (χ2n) is 6.40. The summed E-state index contributed by atoms with van der Waals surface area (Å²) >= 11 is 0. The van der Waals surface area contributed by atoms with E-state index in [4.69, 9.17) is 9.68 Å². The number of hydrogen-bond donors (Lipinski definition) is 1. The van der Waals surface area contributed by atoms with E-state index < -0.39 is 8.80 Å². The summed E-state index contributed by atoms with van der Waals surface area (Å²) in [5, 5.41) is 13.0. The van der Waals surface area contributed by atoms with Crippen LogP contribution < -0.4 is 20.2 Å². The minimum atomic E-state index is -1.21. The Morgan fingerprint density at radius 2 is 1.18 bits per heavy atom. The van der Waals surface area contributed by atoms with E-state index in [1.165, 1.54) is 15.6 Å². The predicted octanol–water partition coefficient (Wildman–Crippen LogP) is 2.78. The lowest BCUT2D eigenvalue weighted by Crippen LogP contribution is -2.52. The van der Waals surface area contributed by atoms with Crippen LogP contribution in [0.4, 0.5) is 0 Å². The third kappa shape index (κ3) is 3.93. The van der Waals surface area contributed by atoms with Gasteiger partial charge in [0, 0.05) is 0 Å². The summed E-state index contributed by atoms with van der Waals surface area (Å²) in [5.41, 5.74) is 2.26. The molecule has 0 bridgehead atoms. The molecule has 0 fully saturated rings. The molecule has 1 N–H and O–H groups in total. The summed E-state index contributed by atoms with van der Waals surface area (Å²) in [5.74, 6) is 0.618. The summed E-state index contributed by atoms with van der Waals surface area (Å²) in [6.07, 6.45) is 0. The Hall–Kier alpha value is -3.08. The van der Waals surface area contributed by atoms with Gasteiger partial charge >= 0.3 is 7.69 Å². The van der Waals surface area contributed by atoms with Crippen LogP contribution in [0.2, 0.25) is 0 Å². The highest BCUT2D eigenvalue weighted by Crippen LogP contribution is 2.23. The molecule has 4 heteroatoms. The molecule has 134 valence electrons. The molecule has 4 aromatic rings. The van der Waals surface area contributed by atoms with Crippen molar-refractivity contribution in [3.05, 3.63) is 109 Å². The van der Waals surface area contributed by atoms with Gasteiger partial charge in [-0.1, -0.05) is 107 Å². The molecule has 4 aromatic carbocycles. The Morgan fingerprint density at radius 3 is 1.71 bits per heavy atom. The third-order valence-corrected chi connectivity index (χ3v) is 7.45. The molecule has 0 saturated heterocycles. The van der Waals surface area contributed by atoms with Crippen LogP contribution in [0.3, 0.4) is 0 Å². The molecule has 0 unspecified atom stereocenters. The summed E-state index contributed by atoms with van der Waals surface area (Å²) in [7, 11) is -0.487. The van der Waals surface area contributed by atoms with Crippen molar-refractivity contribution in [3.63, 3.8) is 0 Å². The van der Waals surface area contributed by atoms with Crippen molar-refractivity contribution < 1.29 is 9.68 Å². The van der Waals surface area contributed by atoms with Gasteiger partial charge in [0.15, 0.2) is 8.80 Å². The molecular formula is C24H19BO2Si. The number of rotatable bonds is 6. The normalized spacial score (nSPS) is 10.6. The molecule has 0 aliphatic carbocycles. The highest BCUT2D eigenvalue weighted by Gasteiger charge is 2.23. The molecule has 0 amide bonds. The number of hydrogen-bond acceptors (Lipinski definition) is 2. The molecule has 2 nitrogen and oxygen atoms in total. The Labute approximate surface area is 168 Å². The van der Waals surface area contributed by atoms with E-state index >= 15 is 0 Å². The average molecular weight is 378 g/mol. The van der Waals surface area contributed by atoms with Crippen molar-refractivity contribution in [1.82, 2.24) is 0 Å².